The topological polar surface area (TPSA) is 51.8 Å². The Morgan fingerprint density at radius 3 is 2.93 bits per heavy atom. The van der Waals surface area contributed by atoms with Gasteiger partial charge < -0.3 is 5.73 Å². The molecule has 1 heterocycles. The van der Waals surface area contributed by atoms with Crippen molar-refractivity contribution in [2.45, 2.75) is 49.1 Å². The predicted octanol–water partition coefficient (Wildman–Crippen LogP) is 2.15. The fourth-order valence-corrected chi connectivity index (χ4v) is 3.07. The molecule has 1 fully saturated rings. The molecule has 15 heavy (non-hydrogen) atoms. The van der Waals surface area contributed by atoms with Crippen molar-refractivity contribution in [2.75, 3.05) is 0 Å². The monoisotopic (exact) mass is 223 g/mol. The van der Waals surface area contributed by atoms with E-state index in [1.165, 1.54) is 19.3 Å². The first-order valence-corrected chi connectivity index (χ1v) is 6.35. The number of thioether (sulfide) groups is 1. The maximum atomic E-state index is 6.09. The fraction of sp³-hybridized carbons (Fsp3) is 0.636. The molecular weight excluding hydrogens is 206 g/mol. The average Bonchev–Trinajstić information content (AvgIpc) is 2.22. The van der Waals surface area contributed by atoms with Crippen LogP contribution in [0, 0.1) is 6.92 Å². The fourth-order valence-electron chi connectivity index (χ4n) is 1.89. The molecule has 2 atom stereocenters. The van der Waals surface area contributed by atoms with Crippen molar-refractivity contribution in [3.05, 3.63) is 18.0 Å². The molecule has 1 aliphatic rings. The highest BCUT2D eigenvalue weighted by Crippen LogP contribution is 2.30. The molecule has 1 aromatic rings. The lowest BCUT2D eigenvalue weighted by Crippen LogP contribution is -2.35. The lowest BCUT2D eigenvalue weighted by Gasteiger charge is -2.27. The summed E-state index contributed by atoms with van der Waals surface area (Å²) in [6, 6.07) is 2.23. The summed E-state index contributed by atoms with van der Waals surface area (Å²) in [6.07, 6.45) is 6.72. The van der Waals surface area contributed by atoms with E-state index in [1.54, 1.807) is 11.8 Å². The number of aryl methyl sites for hydroxylation is 1. The van der Waals surface area contributed by atoms with Crippen LogP contribution in [0.4, 0.5) is 0 Å². The van der Waals surface area contributed by atoms with Gasteiger partial charge >= 0.3 is 0 Å². The van der Waals surface area contributed by atoms with Crippen molar-refractivity contribution in [1.29, 1.82) is 0 Å². The van der Waals surface area contributed by atoms with Gasteiger partial charge in [-0.15, -0.1) is 0 Å². The summed E-state index contributed by atoms with van der Waals surface area (Å²) in [4.78, 5) is 8.66. The summed E-state index contributed by atoms with van der Waals surface area (Å²) >= 11 is 1.74. The molecule has 2 unspecified atom stereocenters. The van der Waals surface area contributed by atoms with Crippen LogP contribution < -0.4 is 5.73 Å². The largest absolute Gasteiger partial charge is 0.327 e. The van der Waals surface area contributed by atoms with Crippen LogP contribution in [0.1, 0.15) is 31.4 Å². The minimum Gasteiger partial charge on any atom is -0.327 e. The molecule has 0 aromatic carbocycles. The lowest BCUT2D eigenvalue weighted by atomic mass is 9.96. The van der Waals surface area contributed by atoms with Crippen LogP contribution in [0.25, 0.3) is 0 Å². The normalized spacial score (nSPS) is 26.5. The second kappa shape index (κ2) is 4.94. The minimum atomic E-state index is 0.313. The molecule has 2 rings (SSSR count). The van der Waals surface area contributed by atoms with E-state index >= 15 is 0 Å². The Morgan fingerprint density at radius 1 is 1.40 bits per heavy atom. The summed E-state index contributed by atoms with van der Waals surface area (Å²) in [5, 5.41) is 1.37. The van der Waals surface area contributed by atoms with Gasteiger partial charge in [-0.25, -0.2) is 9.97 Å². The molecule has 0 saturated heterocycles. The van der Waals surface area contributed by atoms with E-state index in [0.717, 1.165) is 17.3 Å². The van der Waals surface area contributed by atoms with E-state index in [-0.39, 0.29) is 0 Å². The first-order valence-electron chi connectivity index (χ1n) is 5.47. The molecule has 0 radical (unpaired) electrons. The highest BCUT2D eigenvalue weighted by Gasteiger charge is 2.23. The Kier molecular flexibility index (Phi) is 3.59. The van der Waals surface area contributed by atoms with E-state index in [1.807, 2.05) is 19.2 Å². The number of rotatable bonds is 2. The molecule has 82 valence electrons. The third-order valence-corrected chi connectivity index (χ3v) is 4.08. The number of aromatic nitrogens is 2. The summed E-state index contributed by atoms with van der Waals surface area (Å²) in [5.41, 5.74) is 7.11. The molecule has 0 aliphatic heterocycles. The zero-order chi connectivity index (χ0) is 10.7. The average molecular weight is 223 g/mol. The minimum absolute atomic E-state index is 0.313. The molecule has 0 bridgehead atoms. The van der Waals surface area contributed by atoms with E-state index in [4.69, 9.17) is 5.73 Å². The molecule has 0 spiro atoms. The zero-order valence-corrected chi connectivity index (χ0v) is 9.83. The van der Waals surface area contributed by atoms with Crippen LogP contribution in [-0.2, 0) is 0 Å². The molecule has 4 heteroatoms. The van der Waals surface area contributed by atoms with Gasteiger partial charge in [-0.3, -0.25) is 0 Å². The Balaban J connectivity index is 2.01. The predicted molar refractivity (Wildman–Crippen MR) is 62.9 cm³/mol. The van der Waals surface area contributed by atoms with Gasteiger partial charge in [0.25, 0.3) is 0 Å². The van der Waals surface area contributed by atoms with Gasteiger partial charge in [0.2, 0.25) is 0 Å². The second-order valence-electron chi connectivity index (χ2n) is 4.09. The Labute approximate surface area is 94.9 Å². The van der Waals surface area contributed by atoms with Crippen molar-refractivity contribution in [3.8, 4) is 0 Å². The van der Waals surface area contributed by atoms with Crippen LogP contribution in [0.3, 0.4) is 0 Å². The van der Waals surface area contributed by atoms with Crippen molar-refractivity contribution in [1.82, 2.24) is 9.97 Å². The van der Waals surface area contributed by atoms with Gasteiger partial charge in [-0.2, -0.15) is 0 Å². The van der Waals surface area contributed by atoms with Crippen molar-refractivity contribution in [2.24, 2.45) is 5.73 Å². The Bertz CT molecular complexity index is 329. The highest BCUT2D eigenvalue weighted by atomic mass is 32.2. The van der Waals surface area contributed by atoms with Gasteiger partial charge in [0.05, 0.1) is 0 Å². The molecule has 1 aromatic heterocycles. The van der Waals surface area contributed by atoms with Crippen molar-refractivity contribution < 1.29 is 0 Å². The number of hydrogen-bond acceptors (Lipinski definition) is 4. The summed E-state index contributed by atoms with van der Waals surface area (Å²) in [7, 11) is 0. The van der Waals surface area contributed by atoms with Gasteiger partial charge in [0, 0.05) is 23.2 Å². The van der Waals surface area contributed by atoms with Gasteiger partial charge in [-0.05, 0) is 25.8 Å². The number of hydrogen-bond donors (Lipinski definition) is 1. The van der Waals surface area contributed by atoms with E-state index < -0.39 is 0 Å². The third kappa shape index (κ3) is 2.92. The van der Waals surface area contributed by atoms with Crippen LogP contribution in [-0.4, -0.2) is 21.3 Å². The van der Waals surface area contributed by atoms with Crippen LogP contribution in [0.5, 0.6) is 0 Å². The van der Waals surface area contributed by atoms with Gasteiger partial charge in [0.15, 0.2) is 5.16 Å². The van der Waals surface area contributed by atoms with E-state index in [0.29, 0.717) is 11.3 Å². The zero-order valence-electron chi connectivity index (χ0n) is 9.02. The summed E-state index contributed by atoms with van der Waals surface area (Å²) < 4.78 is 0. The maximum absolute atomic E-state index is 6.09. The van der Waals surface area contributed by atoms with Gasteiger partial charge in [-0.1, -0.05) is 24.6 Å². The third-order valence-electron chi connectivity index (χ3n) is 2.78. The van der Waals surface area contributed by atoms with Crippen molar-refractivity contribution in [3.63, 3.8) is 0 Å². The summed E-state index contributed by atoms with van der Waals surface area (Å²) in [5.74, 6) is 0. The first kappa shape index (κ1) is 10.9. The highest BCUT2D eigenvalue weighted by molar-refractivity contribution is 7.99. The van der Waals surface area contributed by atoms with Gasteiger partial charge in [0.1, 0.15) is 0 Å². The number of nitrogens with two attached hydrogens (primary N) is 1. The van der Waals surface area contributed by atoms with Crippen LogP contribution >= 0.6 is 11.8 Å². The van der Waals surface area contributed by atoms with Crippen molar-refractivity contribution >= 4 is 11.8 Å². The first-order chi connectivity index (χ1) is 7.25. The quantitative estimate of drug-likeness (QED) is 0.780. The summed E-state index contributed by atoms with van der Waals surface area (Å²) in [6.45, 7) is 1.99. The Morgan fingerprint density at radius 2 is 2.20 bits per heavy atom. The lowest BCUT2D eigenvalue weighted by molar-refractivity contribution is 0.452. The smallest absolute Gasteiger partial charge is 0.188 e. The maximum Gasteiger partial charge on any atom is 0.188 e. The Hall–Kier alpha value is -0.610. The second-order valence-corrected chi connectivity index (χ2v) is 5.29. The number of nitrogens with zero attached hydrogens (tertiary/aromatic N) is 2. The SMILES string of the molecule is Cc1ccnc(SC2CCCCC2N)n1. The molecular formula is C11H17N3S. The molecule has 2 N–H and O–H groups in total. The molecule has 1 aliphatic carbocycles. The molecule has 1 saturated carbocycles. The van der Waals surface area contributed by atoms with Crippen LogP contribution in [0.15, 0.2) is 17.4 Å². The van der Waals surface area contributed by atoms with Crippen LogP contribution in [0.2, 0.25) is 0 Å². The standard InChI is InChI=1S/C11H17N3S/c1-8-6-7-13-11(14-8)15-10-5-3-2-4-9(10)12/h6-7,9-10H,2-5,12H2,1H3. The van der Waals surface area contributed by atoms with E-state index in [2.05, 4.69) is 9.97 Å². The molecule has 3 nitrogen and oxygen atoms in total. The molecule has 0 amide bonds. The van der Waals surface area contributed by atoms with E-state index in [9.17, 15) is 0 Å².